The lowest BCUT2D eigenvalue weighted by Crippen LogP contribution is -2.34. The van der Waals surface area contributed by atoms with Crippen molar-refractivity contribution < 1.29 is 4.79 Å². The summed E-state index contributed by atoms with van der Waals surface area (Å²) in [4.78, 5) is 11.0. The number of rotatable bonds is 0. The van der Waals surface area contributed by atoms with Crippen LogP contribution in [0.1, 0.15) is 9.61 Å². The first-order valence-corrected chi connectivity index (χ1v) is 4.82. The number of amides is 2. The molecule has 1 aromatic carbocycles. The summed E-state index contributed by atoms with van der Waals surface area (Å²) < 4.78 is 0.0764. The highest BCUT2D eigenvalue weighted by atomic mass is 127. The number of nitrogens with one attached hydrogen (secondary N) is 2. The zero-order valence-electron chi connectivity index (χ0n) is 6.17. The van der Waals surface area contributed by atoms with E-state index in [1.54, 1.807) is 0 Å². The van der Waals surface area contributed by atoms with Gasteiger partial charge in [-0.1, -0.05) is 40.8 Å². The summed E-state index contributed by atoms with van der Waals surface area (Å²) in [5.74, 6) is 0. The maximum atomic E-state index is 11.0. The molecule has 1 atom stereocenters. The molecule has 1 aliphatic rings. The van der Waals surface area contributed by atoms with Crippen LogP contribution in [0.5, 0.6) is 0 Å². The quantitative estimate of drug-likeness (QED) is 0.425. The van der Waals surface area contributed by atoms with Gasteiger partial charge in [0, 0.05) is 11.3 Å². The molecule has 0 fully saturated rings. The van der Waals surface area contributed by atoms with Crippen molar-refractivity contribution in [3.05, 3.63) is 29.8 Å². The molecule has 3 nitrogen and oxygen atoms in total. The van der Waals surface area contributed by atoms with Crippen LogP contribution < -0.4 is 10.6 Å². The predicted octanol–water partition coefficient (Wildman–Crippen LogP) is 2.26. The van der Waals surface area contributed by atoms with E-state index in [4.69, 9.17) is 0 Å². The van der Waals surface area contributed by atoms with Gasteiger partial charge in [0.1, 0.15) is 4.05 Å². The molecule has 1 aliphatic heterocycles. The number of hydrogen-bond donors (Lipinski definition) is 2. The predicted molar refractivity (Wildman–Crippen MR) is 55.4 cm³/mol. The molecule has 0 radical (unpaired) electrons. The fourth-order valence-electron chi connectivity index (χ4n) is 1.18. The van der Waals surface area contributed by atoms with Crippen LogP contribution in [0.3, 0.4) is 0 Å². The van der Waals surface area contributed by atoms with Crippen molar-refractivity contribution in [1.82, 2.24) is 5.32 Å². The van der Waals surface area contributed by atoms with Crippen molar-refractivity contribution >= 4 is 34.3 Å². The van der Waals surface area contributed by atoms with Gasteiger partial charge in [-0.3, -0.25) is 0 Å². The smallest absolute Gasteiger partial charge is 0.320 e. The standard InChI is InChI=1S/C8H7IN2O/c9-7-5-3-1-2-4-6(5)10-8(12)11-7/h1-4,7H,(H2,10,11,12). The maximum Gasteiger partial charge on any atom is 0.320 e. The highest BCUT2D eigenvalue weighted by Crippen LogP contribution is 2.30. The fourth-order valence-corrected chi connectivity index (χ4v) is 2.01. The zero-order chi connectivity index (χ0) is 8.55. The molecule has 12 heavy (non-hydrogen) atoms. The Labute approximate surface area is 83.7 Å². The van der Waals surface area contributed by atoms with Crippen LogP contribution in [-0.2, 0) is 0 Å². The van der Waals surface area contributed by atoms with Gasteiger partial charge in [-0.15, -0.1) is 0 Å². The Morgan fingerprint density at radius 3 is 2.92 bits per heavy atom. The van der Waals surface area contributed by atoms with Gasteiger partial charge in [-0.25, -0.2) is 4.79 Å². The second-order valence-electron chi connectivity index (χ2n) is 2.55. The molecule has 0 aliphatic carbocycles. The van der Waals surface area contributed by atoms with Gasteiger partial charge in [0.05, 0.1) is 0 Å². The van der Waals surface area contributed by atoms with E-state index in [1.807, 2.05) is 24.3 Å². The summed E-state index contributed by atoms with van der Waals surface area (Å²) in [5.41, 5.74) is 2.03. The maximum absolute atomic E-state index is 11.0. The summed E-state index contributed by atoms with van der Waals surface area (Å²) >= 11 is 2.19. The third-order valence-corrected chi connectivity index (χ3v) is 2.72. The number of hydrogen-bond acceptors (Lipinski definition) is 1. The number of benzene rings is 1. The average Bonchev–Trinajstić information content (AvgIpc) is 2.04. The molecule has 0 spiro atoms. The van der Waals surface area contributed by atoms with Gasteiger partial charge >= 0.3 is 6.03 Å². The number of anilines is 1. The van der Waals surface area contributed by atoms with E-state index in [1.165, 1.54) is 0 Å². The average molecular weight is 274 g/mol. The van der Waals surface area contributed by atoms with E-state index in [0.29, 0.717) is 0 Å². The van der Waals surface area contributed by atoms with Gasteiger partial charge in [0.2, 0.25) is 0 Å². The molecule has 0 saturated carbocycles. The Bertz CT molecular complexity index is 327. The van der Waals surface area contributed by atoms with E-state index in [0.717, 1.165) is 11.3 Å². The monoisotopic (exact) mass is 274 g/mol. The van der Waals surface area contributed by atoms with Crippen molar-refractivity contribution in [2.24, 2.45) is 0 Å². The van der Waals surface area contributed by atoms with E-state index in [9.17, 15) is 4.79 Å². The number of fused-ring (bicyclic) bond motifs is 1. The van der Waals surface area contributed by atoms with Crippen LogP contribution in [0.4, 0.5) is 10.5 Å². The number of alkyl halides is 1. The molecular weight excluding hydrogens is 267 g/mol. The Balaban J connectivity index is 2.47. The summed E-state index contributed by atoms with van der Waals surface area (Å²) in [6.07, 6.45) is 0. The minimum atomic E-state index is -0.131. The van der Waals surface area contributed by atoms with Crippen LogP contribution in [0.15, 0.2) is 24.3 Å². The van der Waals surface area contributed by atoms with Gasteiger partial charge in [-0.05, 0) is 6.07 Å². The van der Waals surface area contributed by atoms with Gasteiger partial charge < -0.3 is 10.6 Å². The van der Waals surface area contributed by atoms with Crippen LogP contribution in [0, 0.1) is 0 Å². The normalized spacial score (nSPS) is 20.8. The van der Waals surface area contributed by atoms with Crippen LogP contribution in [0.25, 0.3) is 0 Å². The molecule has 1 aromatic rings. The fraction of sp³-hybridized carbons (Fsp3) is 0.125. The highest BCUT2D eigenvalue weighted by molar-refractivity contribution is 14.1. The molecule has 1 unspecified atom stereocenters. The number of carbonyl (C=O) groups excluding carboxylic acids is 1. The lowest BCUT2D eigenvalue weighted by molar-refractivity contribution is 0.251. The van der Waals surface area contributed by atoms with Crippen molar-refractivity contribution in [1.29, 1.82) is 0 Å². The molecule has 2 N–H and O–H groups in total. The molecule has 1 heterocycles. The topological polar surface area (TPSA) is 41.1 Å². The Morgan fingerprint density at radius 2 is 2.08 bits per heavy atom. The number of halogens is 1. The molecule has 0 bridgehead atoms. The van der Waals surface area contributed by atoms with E-state index >= 15 is 0 Å². The molecular formula is C8H7IN2O. The van der Waals surface area contributed by atoms with Crippen molar-refractivity contribution in [3.63, 3.8) is 0 Å². The first-order valence-electron chi connectivity index (χ1n) is 3.58. The molecule has 0 saturated heterocycles. The third kappa shape index (κ3) is 1.26. The Hall–Kier alpha value is -0.780. The number of para-hydroxylation sites is 1. The zero-order valence-corrected chi connectivity index (χ0v) is 8.33. The minimum Gasteiger partial charge on any atom is -0.322 e. The molecule has 4 heteroatoms. The summed E-state index contributed by atoms with van der Waals surface area (Å²) in [6, 6.07) is 7.64. The van der Waals surface area contributed by atoms with Gasteiger partial charge in [0.25, 0.3) is 0 Å². The van der Waals surface area contributed by atoms with Crippen molar-refractivity contribution in [2.75, 3.05) is 5.32 Å². The molecule has 62 valence electrons. The number of carbonyl (C=O) groups is 1. The molecule has 2 amide bonds. The van der Waals surface area contributed by atoms with Crippen LogP contribution in [-0.4, -0.2) is 6.03 Å². The Kier molecular flexibility index (Phi) is 1.92. The van der Waals surface area contributed by atoms with E-state index in [-0.39, 0.29) is 10.1 Å². The van der Waals surface area contributed by atoms with Crippen LogP contribution in [0.2, 0.25) is 0 Å². The Morgan fingerprint density at radius 1 is 1.33 bits per heavy atom. The second kappa shape index (κ2) is 2.93. The first-order chi connectivity index (χ1) is 5.77. The van der Waals surface area contributed by atoms with Gasteiger partial charge in [-0.2, -0.15) is 0 Å². The van der Waals surface area contributed by atoms with E-state index < -0.39 is 0 Å². The lowest BCUT2D eigenvalue weighted by Gasteiger charge is -2.22. The summed E-state index contributed by atoms with van der Waals surface area (Å²) in [5, 5.41) is 5.51. The third-order valence-electron chi connectivity index (χ3n) is 1.74. The highest BCUT2D eigenvalue weighted by Gasteiger charge is 2.20. The lowest BCUT2D eigenvalue weighted by atomic mass is 10.1. The minimum absolute atomic E-state index is 0.0764. The SMILES string of the molecule is O=C1Nc2ccccc2C(I)N1. The van der Waals surface area contributed by atoms with Gasteiger partial charge in [0.15, 0.2) is 0 Å². The first kappa shape index (κ1) is 7.85. The summed E-state index contributed by atoms with van der Waals surface area (Å²) in [6.45, 7) is 0. The van der Waals surface area contributed by atoms with Crippen molar-refractivity contribution in [3.8, 4) is 0 Å². The number of urea groups is 1. The van der Waals surface area contributed by atoms with Crippen molar-refractivity contribution in [2.45, 2.75) is 4.05 Å². The largest absolute Gasteiger partial charge is 0.322 e. The van der Waals surface area contributed by atoms with E-state index in [2.05, 4.69) is 33.2 Å². The summed E-state index contributed by atoms with van der Waals surface area (Å²) in [7, 11) is 0. The van der Waals surface area contributed by atoms with Crippen LogP contribution >= 0.6 is 22.6 Å². The molecule has 2 rings (SSSR count). The second-order valence-corrected chi connectivity index (χ2v) is 3.79. The molecule has 0 aromatic heterocycles.